The summed E-state index contributed by atoms with van der Waals surface area (Å²) >= 11 is 0. The third-order valence-corrected chi connectivity index (χ3v) is 3.34. The zero-order valence-corrected chi connectivity index (χ0v) is 10.4. The first-order valence-corrected chi connectivity index (χ1v) is 6.30. The van der Waals surface area contributed by atoms with Crippen LogP contribution in [0.2, 0.25) is 0 Å². The minimum absolute atomic E-state index is 0.335. The van der Waals surface area contributed by atoms with Crippen LogP contribution < -0.4 is 11.1 Å². The first kappa shape index (κ1) is 12.3. The van der Waals surface area contributed by atoms with Crippen molar-refractivity contribution in [3.8, 4) is 0 Å². The molecule has 17 heavy (non-hydrogen) atoms. The van der Waals surface area contributed by atoms with Gasteiger partial charge < -0.3 is 11.1 Å². The Morgan fingerprint density at radius 2 is 2.24 bits per heavy atom. The molecule has 1 atom stereocenters. The number of likely N-dealkylation sites (tertiary alicyclic amines) is 1. The lowest BCUT2D eigenvalue weighted by atomic mass is 10.2. The highest BCUT2D eigenvalue weighted by Gasteiger charge is 2.21. The van der Waals surface area contributed by atoms with Crippen LogP contribution in [0.15, 0.2) is 12.4 Å². The molecular formula is C12H21N5. The highest BCUT2D eigenvalue weighted by molar-refractivity contribution is 5.16. The van der Waals surface area contributed by atoms with Crippen molar-refractivity contribution in [2.24, 2.45) is 0 Å². The van der Waals surface area contributed by atoms with E-state index in [9.17, 15) is 0 Å². The zero-order chi connectivity index (χ0) is 12.1. The molecule has 1 saturated heterocycles. The molecule has 5 nitrogen and oxygen atoms in total. The van der Waals surface area contributed by atoms with E-state index in [2.05, 4.69) is 27.1 Å². The topological polar surface area (TPSA) is 67.1 Å². The lowest BCUT2D eigenvalue weighted by molar-refractivity contribution is 0.260. The van der Waals surface area contributed by atoms with Crippen molar-refractivity contribution in [2.75, 3.05) is 25.4 Å². The molecule has 1 aromatic rings. The molecule has 0 spiro atoms. The number of rotatable bonds is 5. The van der Waals surface area contributed by atoms with Crippen molar-refractivity contribution in [2.45, 2.75) is 32.4 Å². The number of nitrogens with one attached hydrogen (secondary N) is 1. The predicted molar refractivity (Wildman–Crippen MR) is 68.4 cm³/mol. The van der Waals surface area contributed by atoms with E-state index in [1.807, 2.05) is 0 Å². The third-order valence-electron chi connectivity index (χ3n) is 3.34. The van der Waals surface area contributed by atoms with Crippen LogP contribution in [0, 0.1) is 0 Å². The maximum Gasteiger partial charge on any atom is 0.219 e. The molecule has 0 unspecified atom stereocenters. The number of likely N-dealkylation sites (N-methyl/N-ethyl adjacent to an activating group) is 1. The third kappa shape index (κ3) is 3.38. The minimum atomic E-state index is 0.335. The molecular weight excluding hydrogens is 214 g/mol. The number of hydrogen-bond donors (Lipinski definition) is 2. The molecule has 1 fully saturated rings. The van der Waals surface area contributed by atoms with Crippen LogP contribution in [0.1, 0.15) is 25.3 Å². The van der Waals surface area contributed by atoms with Crippen LogP contribution in [0.25, 0.3) is 0 Å². The zero-order valence-electron chi connectivity index (χ0n) is 10.4. The summed E-state index contributed by atoms with van der Waals surface area (Å²) in [5, 5.41) is 3.46. The van der Waals surface area contributed by atoms with E-state index in [-0.39, 0.29) is 0 Å². The normalized spacial score (nSPS) is 20.9. The van der Waals surface area contributed by atoms with Gasteiger partial charge in [-0.15, -0.1) is 0 Å². The number of nitrogen functional groups attached to an aromatic ring is 1. The molecule has 0 aliphatic carbocycles. The maximum absolute atomic E-state index is 5.44. The lowest BCUT2D eigenvalue weighted by Gasteiger charge is -2.22. The summed E-state index contributed by atoms with van der Waals surface area (Å²) in [6.45, 7) is 6.48. The SMILES string of the molecule is CCN1CCC[C@H]1CNCc1cnc(N)nc1. The highest BCUT2D eigenvalue weighted by Crippen LogP contribution is 2.15. The average Bonchev–Trinajstić information content (AvgIpc) is 2.79. The summed E-state index contributed by atoms with van der Waals surface area (Å²) in [5.41, 5.74) is 6.53. The smallest absolute Gasteiger partial charge is 0.219 e. The maximum atomic E-state index is 5.44. The van der Waals surface area contributed by atoms with Crippen molar-refractivity contribution < 1.29 is 0 Å². The first-order valence-electron chi connectivity index (χ1n) is 6.30. The lowest BCUT2D eigenvalue weighted by Crippen LogP contribution is -2.37. The molecule has 1 aromatic heterocycles. The highest BCUT2D eigenvalue weighted by atomic mass is 15.2. The monoisotopic (exact) mass is 235 g/mol. The molecule has 2 heterocycles. The number of aromatic nitrogens is 2. The molecule has 0 radical (unpaired) electrons. The van der Waals surface area contributed by atoms with Gasteiger partial charge in [-0.05, 0) is 25.9 Å². The summed E-state index contributed by atoms with van der Waals surface area (Å²) in [7, 11) is 0. The van der Waals surface area contributed by atoms with Crippen molar-refractivity contribution in [1.29, 1.82) is 0 Å². The Morgan fingerprint density at radius 3 is 2.94 bits per heavy atom. The van der Waals surface area contributed by atoms with Gasteiger partial charge in [0.15, 0.2) is 0 Å². The Balaban J connectivity index is 1.74. The van der Waals surface area contributed by atoms with Crippen LogP contribution in [-0.4, -0.2) is 40.5 Å². The largest absolute Gasteiger partial charge is 0.368 e. The van der Waals surface area contributed by atoms with Crippen LogP contribution in [0.4, 0.5) is 5.95 Å². The van der Waals surface area contributed by atoms with Crippen LogP contribution in [-0.2, 0) is 6.54 Å². The Hall–Kier alpha value is -1.20. The van der Waals surface area contributed by atoms with Gasteiger partial charge in [-0.2, -0.15) is 0 Å². The molecule has 1 aliphatic heterocycles. The number of hydrogen-bond acceptors (Lipinski definition) is 5. The van der Waals surface area contributed by atoms with Crippen LogP contribution >= 0.6 is 0 Å². The van der Waals surface area contributed by atoms with E-state index in [0.717, 1.165) is 25.2 Å². The molecule has 0 saturated carbocycles. The molecule has 0 amide bonds. The molecule has 5 heteroatoms. The van der Waals surface area contributed by atoms with Gasteiger partial charge in [0, 0.05) is 37.1 Å². The number of nitrogens with two attached hydrogens (primary N) is 1. The van der Waals surface area contributed by atoms with E-state index >= 15 is 0 Å². The summed E-state index contributed by atoms with van der Waals surface area (Å²) in [5.74, 6) is 0.335. The van der Waals surface area contributed by atoms with Gasteiger partial charge in [0.2, 0.25) is 5.95 Å². The fraction of sp³-hybridized carbons (Fsp3) is 0.667. The summed E-state index contributed by atoms with van der Waals surface area (Å²) in [6.07, 6.45) is 6.19. The van der Waals surface area contributed by atoms with Gasteiger partial charge >= 0.3 is 0 Å². The van der Waals surface area contributed by atoms with Crippen molar-refractivity contribution in [3.63, 3.8) is 0 Å². The second-order valence-corrected chi connectivity index (χ2v) is 4.51. The van der Waals surface area contributed by atoms with Gasteiger partial charge in [0.1, 0.15) is 0 Å². The molecule has 0 bridgehead atoms. The van der Waals surface area contributed by atoms with Gasteiger partial charge in [0.25, 0.3) is 0 Å². The summed E-state index contributed by atoms with van der Waals surface area (Å²) in [6, 6.07) is 0.690. The molecule has 0 aromatic carbocycles. The predicted octanol–water partition coefficient (Wildman–Crippen LogP) is 0.633. The quantitative estimate of drug-likeness (QED) is 0.783. The standard InChI is InChI=1S/C12H21N5/c1-2-17-5-3-4-11(17)9-14-6-10-7-15-12(13)16-8-10/h7-8,11,14H,2-6,9H2,1H3,(H2,13,15,16)/t11-/m0/s1. The fourth-order valence-corrected chi connectivity index (χ4v) is 2.38. The summed E-state index contributed by atoms with van der Waals surface area (Å²) in [4.78, 5) is 10.5. The Bertz CT molecular complexity index is 337. The Morgan fingerprint density at radius 1 is 1.47 bits per heavy atom. The van der Waals surface area contributed by atoms with E-state index in [4.69, 9.17) is 5.73 Å². The average molecular weight is 235 g/mol. The molecule has 1 aliphatic rings. The molecule has 94 valence electrons. The van der Waals surface area contributed by atoms with Gasteiger partial charge in [-0.25, -0.2) is 9.97 Å². The summed E-state index contributed by atoms with van der Waals surface area (Å²) < 4.78 is 0. The first-order chi connectivity index (χ1) is 8.29. The van der Waals surface area contributed by atoms with Gasteiger partial charge in [-0.1, -0.05) is 6.92 Å². The van der Waals surface area contributed by atoms with E-state index in [1.54, 1.807) is 12.4 Å². The number of anilines is 1. The van der Waals surface area contributed by atoms with Crippen molar-refractivity contribution >= 4 is 5.95 Å². The van der Waals surface area contributed by atoms with E-state index in [0.29, 0.717) is 12.0 Å². The Labute approximate surface area is 102 Å². The van der Waals surface area contributed by atoms with Crippen molar-refractivity contribution in [1.82, 2.24) is 20.2 Å². The van der Waals surface area contributed by atoms with Gasteiger partial charge in [-0.3, -0.25) is 4.90 Å². The fourth-order valence-electron chi connectivity index (χ4n) is 2.38. The minimum Gasteiger partial charge on any atom is -0.368 e. The molecule has 2 rings (SSSR count). The van der Waals surface area contributed by atoms with Crippen LogP contribution in [0.3, 0.4) is 0 Å². The van der Waals surface area contributed by atoms with E-state index in [1.165, 1.54) is 19.4 Å². The number of nitrogens with zero attached hydrogens (tertiary/aromatic N) is 3. The molecule has 3 N–H and O–H groups in total. The Kier molecular flexibility index (Phi) is 4.28. The second kappa shape index (κ2) is 5.93. The van der Waals surface area contributed by atoms with Crippen LogP contribution in [0.5, 0.6) is 0 Å². The van der Waals surface area contributed by atoms with Crippen molar-refractivity contribution in [3.05, 3.63) is 18.0 Å². The second-order valence-electron chi connectivity index (χ2n) is 4.51. The van der Waals surface area contributed by atoms with Gasteiger partial charge in [0.05, 0.1) is 0 Å². The van der Waals surface area contributed by atoms with E-state index < -0.39 is 0 Å².